The van der Waals surface area contributed by atoms with E-state index in [0.29, 0.717) is 36.0 Å². The molecule has 0 spiro atoms. The number of sulfone groups is 1. The summed E-state index contributed by atoms with van der Waals surface area (Å²) in [6.07, 6.45) is -6.68. The number of aromatic nitrogens is 2. The summed E-state index contributed by atoms with van der Waals surface area (Å²) in [5.41, 5.74) is -2.86. The highest BCUT2D eigenvalue weighted by Crippen LogP contribution is 2.35. The zero-order chi connectivity index (χ0) is 22.2. The second-order valence-corrected chi connectivity index (χ2v) is 8.48. The lowest BCUT2D eigenvalue weighted by molar-refractivity contribution is -0.137. The average molecular weight is 442 g/mol. The Hall–Kier alpha value is -2.37. The maximum Gasteiger partial charge on any atom is 0.416 e. The topological polar surface area (TPSA) is 69.0 Å². The predicted molar refractivity (Wildman–Crippen MR) is 92.2 cm³/mol. The zero-order valence-electron chi connectivity index (χ0n) is 15.2. The Morgan fingerprint density at radius 2 is 1.76 bits per heavy atom. The molecule has 1 aromatic carbocycles. The van der Waals surface area contributed by atoms with Gasteiger partial charge in [-0.2, -0.15) is 13.2 Å². The first-order valence-corrected chi connectivity index (χ1v) is 9.87. The molecule has 1 atom stereocenters. The highest BCUT2D eigenvalue weighted by molar-refractivity contribution is 7.91. The molecule has 0 aliphatic rings. The van der Waals surface area contributed by atoms with Crippen molar-refractivity contribution in [3.05, 3.63) is 46.5 Å². The largest absolute Gasteiger partial charge is 0.416 e. The van der Waals surface area contributed by atoms with E-state index in [1.807, 2.05) is 0 Å². The Morgan fingerprint density at radius 1 is 1.14 bits per heavy atom. The first-order valence-electron chi connectivity index (χ1n) is 8.22. The molecule has 1 unspecified atom stereocenters. The minimum absolute atomic E-state index is 0.283. The van der Waals surface area contributed by atoms with Crippen LogP contribution in [-0.2, 0) is 22.6 Å². The highest BCUT2D eigenvalue weighted by atomic mass is 32.2. The van der Waals surface area contributed by atoms with E-state index in [0.717, 1.165) is 6.07 Å². The molecule has 0 fully saturated rings. The standard InChI is InChI=1S/C17H16F6N2O3S/c1-3-29(27,28)14-6-11(17(21,22)23)4-5-12(14)13-7-15(26)25(9-24-13)8-16(19,20)10(2)18/h4-7,9-10H,3,8H2,1-2H3. The van der Waals surface area contributed by atoms with Gasteiger partial charge in [-0.05, 0) is 19.1 Å². The van der Waals surface area contributed by atoms with E-state index >= 15 is 0 Å². The third-order valence-corrected chi connectivity index (χ3v) is 5.91. The lowest BCUT2D eigenvalue weighted by Crippen LogP contribution is -2.37. The molecule has 1 heterocycles. The fourth-order valence-electron chi connectivity index (χ4n) is 2.37. The second-order valence-electron chi connectivity index (χ2n) is 6.23. The van der Waals surface area contributed by atoms with Gasteiger partial charge in [0.2, 0.25) is 0 Å². The smallest absolute Gasteiger partial charge is 0.293 e. The summed E-state index contributed by atoms with van der Waals surface area (Å²) in [6, 6.07) is 2.60. The van der Waals surface area contributed by atoms with E-state index in [1.165, 1.54) is 6.92 Å². The number of nitrogens with zero attached hydrogens (tertiary/aromatic N) is 2. The first-order chi connectivity index (χ1) is 13.2. The third-order valence-electron chi connectivity index (χ3n) is 4.14. The van der Waals surface area contributed by atoms with Gasteiger partial charge in [0.05, 0.1) is 34.8 Å². The summed E-state index contributed by atoms with van der Waals surface area (Å²) in [6.45, 7) is 0.547. The number of benzene rings is 1. The van der Waals surface area contributed by atoms with Gasteiger partial charge in [-0.15, -0.1) is 0 Å². The van der Waals surface area contributed by atoms with Crippen LogP contribution in [-0.4, -0.2) is 35.8 Å². The molecule has 29 heavy (non-hydrogen) atoms. The van der Waals surface area contributed by atoms with E-state index < -0.39 is 56.4 Å². The second kappa shape index (κ2) is 7.81. The summed E-state index contributed by atoms with van der Waals surface area (Å²) >= 11 is 0. The lowest BCUT2D eigenvalue weighted by atomic mass is 10.1. The molecule has 0 radical (unpaired) electrons. The molecule has 2 rings (SSSR count). The van der Waals surface area contributed by atoms with Crippen LogP contribution in [0.4, 0.5) is 26.3 Å². The van der Waals surface area contributed by atoms with Gasteiger partial charge in [-0.3, -0.25) is 9.36 Å². The van der Waals surface area contributed by atoms with Gasteiger partial charge < -0.3 is 0 Å². The van der Waals surface area contributed by atoms with Crippen molar-refractivity contribution in [2.75, 3.05) is 5.75 Å². The minimum atomic E-state index is -4.80. The molecule has 5 nitrogen and oxygen atoms in total. The van der Waals surface area contributed by atoms with Crippen molar-refractivity contribution in [1.29, 1.82) is 0 Å². The van der Waals surface area contributed by atoms with E-state index in [-0.39, 0.29) is 11.3 Å². The van der Waals surface area contributed by atoms with Crippen LogP contribution >= 0.6 is 0 Å². The van der Waals surface area contributed by atoms with Gasteiger partial charge in [-0.25, -0.2) is 26.6 Å². The molecule has 0 N–H and O–H groups in total. The van der Waals surface area contributed by atoms with Crippen LogP contribution in [0.1, 0.15) is 19.4 Å². The molecule has 2 aromatic rings. The molecular weight excluding hydrogens is 426 g/mol. The van der Waals surface area contributed by atoms with Gasteiger partial charge in [0, 0.05) is 11.6 Å². The van der Waals surface area contributed by atoms with Crippen molar-refractivity contribution < 1.29 is 34.8 Å². The van der Waals surface area contributed by atoms with Crippen molar-refractivity contribution >= 4 is 9.84 Å². The van der Waals surface area contributed by atoms with Crippen LogP contribution in [0.3, 0.4) is 0 Å². The maximum atomic E-state index is 13.5. The minimum Gasteiger partial charge on any atom is -0.293 e. The van der Waals surface area contributed by atoms with E-state index in [2.05, 4.69) is 4.98 Å². The fraction of sp³-hybridized carbons (Fsp3) is 0.412. The molecule has 0 bridgehead atoms. The van der Waals surface area contributed by atoms with E-state index in [9.17, 15) is 39.6 Å². The number of hydrogen-bond donors (Lipinski definition) is 0. The summed E-state index contributed by atoms with van der Waals surface area (Å²) in [5, 5.41) is 0. The number of hydrogen-bond acceptors (Lipinski definition) is 4. The van der Waals surface area contributed by atoms with Gasteiger partial charge in [0.1, 0.15) is 0 Å². The highest BCUT2D eigenvalue weighted by Gasteiger charge is 2.38. The van der Waals surface area contributed by atoms with Gasteiger partial charge in [-0.1, -0.05) is 13.0 Å². The molecule has 1 aromatic heterocycles. The van der Waals surface area contributed by atoms with Crippen LogP contribution in [0.2, 0.25) is 0 Å². The fourth-order valence-corrected chi connectivity index (χ4v) is 3.49. The molecule has 0 saturated heterocycles. The maximum absolute atomic E-state index is 13.5. The van der Waals surface area contributed by atoms with E-state index in [4.69, 9.17) is 0 Å². The number of alkyl halides is 6. The summed E-state index contributed by atoms with van der Waals surface area (Å²) in [5.74, 6) is -4.36. The number of halogens is 6. The molecule has 0 aliphatic heterocycles. The quantitative estimate of drug-likeness (QED) is 0.640. The SMILES string of the molecule is CCS(=O)(=O)c1cc(C(F)(F)F)ccc1-c1cc(=O)n(CC(F)(F)C(C)F)cn1. The monoisotopic (exact) mass is 442 g/mol. The van der Waals surface area contributed by atoms with Crippen LogP contribution in [0.5, 0.6) is 0 Å². The van der Waals surface area contributed by atoms with Crippen molar-refractivity contribution in [3.8, 4) is 11.3 Å². The van der Waals surface area contributed by atoms with E-state index in [1.54, 1.807) is 0 Å². The Labute approximate surface area is 161 Å². The summed E-state index contributed by atoms with van der Waals surface area (Å²) in [7, 11) is -4.14. The first kappa shape index (κ1) is 22.9. The van der Waals surface area contributed by atoms with Crippen molar-refractivity contribution in [2.24, 2.45) is 0 Å². The van der Waals surface area contributed by atoms with Gasteiger partial charge >= 0.3 is 6.18 Å². The molecular formula is C17H16F6N2O3S. The normalized spacial score (nSPS) is 14.1. The third kappa shape index (κ3) is 4.98. The predicted octanol–water partition coefficient (Wildman–Crippen LogP) is 3.72. The summed E-state index contributed by atoms with van der Waals surface area (Å²) < 4.78 is 104. The van der Waals surface area contributed by atoms with Gasteiger partial charge in [0.25, 0.3) is 11.5 Å². The Bertz CT molecular complexity index is 1060. The number of rotatable bonds is 6. The summed E-state index contributed by atoms with van der Waals surface area (Å²) in [4.78, 5) is 15.1. The van der Waals surface area contributed by atoms with Crippen molar-refractivity contribution in [1.82, 2.24) is 9.55 Å². The molecule has 0 amide bonds. The lowest BCUT2D eigenvalue weighted by Gasteiger charge is -2.19. The van der Waals surface area contributed by atoms with Crippen molar-refractivity contribution in [3.63, 3.8) is 0 Å². The molecule has 160 valence electrons. The van der Waals surface area contributed by atoms with Crippen molar-refractivity contribution in [2.45, 2.75) is 43.6 Å². The zero-order valence-corrected chi connectivity index (χ0v) is 16.0. The molecule has 0 aliphatic carbocycles. The van der Waals surface area contributed by atoms with Crippen LogP contribution in [0, 0.1) is 0 Å². The van der Waals surface area contributed by atoms with Crippen LogP contribution < -0.4 is 5.56 Å². The average Bonchev–Trinajstić information content (AvgIpc) is 2.62. The Kier molecular flexibility index (Phi) is 6.17. The Balaban J connectivity index is 2.60. The molecule has 12 heteroatoms. The van der Waals surface area contributed by atoms with Crippen LogP contribution in [0.15, 0.2) is 40.3 Å². The van der Waals surface area contributed by atoms with Gasteiger partial charge in [0.15, 0.2) is 16.0 Å². The Morgan fingerprint density at radius 3 is 2.24 bits per heavy atom. The molecule has 0 saturated carbocycles. The van der Waals surface area contributed by atoms with Crippen LogP contribution in [0.25, 0.3) is 11.3 Å².